The van der Waals surface area contributed by atoms with E-state index in [9.17, 15) is 13.6 Å². The summed E-state index contributed by atoms with van der Waals surface area (Å²) in [7, 11) is 0. The summed E-state index contributed by atoms with van der Waals surface area (Å²) >= 11 is 1.44. The third-order valence-corrected chi connectivity index (χ3v) is 5.25. The van der Waals surface area contributed by atoms with E-state index >= 15 is 0 Å². The Balaban J connectivity index is 1.58. The van der Waals surface area contributed by atoms with E-state index in [2.05, 4.69) is 4.98 Å². The molecule has 1 aliphatic rings. The van der Waals surface area contributed by atoms with Crippen LogP contribution in [0.5, 0.6) is 0 Å². The van der Waals surface area contributed by atoms with Gasteiger partial charge in [-0.3, -0.25) is 9.80 Å². The Hall–Kier alpha value is -2.80. The molecule has 0 N–H and O–H groups in total. The number of anilines is 2. The number of rotatable bonds is 3. The summed E-state index contributed by atoms with van der Waals surface area (Å²) in [5.74, 6) is -0.976. The van der Waals surface area contributed by atoms with Crippen molar-refractivity contribution < 1.29 is 13.6 Å². The largest absolute Gasteiger partial charge is 0.330 e. The van der Waals surface area contributed by atoms with E-state index in [1.165, 1.54) is 11.3 Å². The maximum Gasteiger partial charge on any atom is 0.330 e. The van der Waals surface area contributed by atoms with Crippen LogP contribution in [0.4, 0.5) is 24.4 Å². The van der Waals surface area contributed by atoms with Gasteiger partial charge in [0.2, 0.25) is 0 Å². The molecule has 2 amide bonds. The number of nitrogens with zero attached hydrogens (tertiary/aromatic N) is 3. The van der Waals surface area contributed by atoms with E-state index in [1.807, 2.05) is 12.3 Å². The molecule has 1 fully saturated rings. The van der Waals surface area contributed by atoms with Gasteiger partial charge in [-0.1, -0.05) is 12.1 Å². The first-order chi connectivity index (χ1) is 12.5. The third kappa shape index (κ3) is 2.94. The number of thiazole rings is 1. The molecule has 1 aliphatic heterocycles. The Kier molecular flexibility index (Phi) is 4.16. The van der Waals surface area contributed by atoms with Crippen molar-refractivity contribution in [2.24, 2.45) is 0 Å². The van der Waals surface area contributed by atoms with Crippen LogP contribution in [0.25, 0.3) is 11.1 Å². The van der Waals surface area contributed by atoms with E-state index < -0.39 is 11.6 Å². The summed E-state index contributed by atoms with van der Waals surface area (Å²) < 4.78 is 27.3. The summed E-state index contributed by atoms with van der Waals surface area (Å²) in [6.07, 6.45) is 0. The van der Waals surface area contributed by atoms with Gasteiger partial charge in [0.15, 0.2) is 5.13 Å². The highest BCUT2D eigenvalue weighted by Crippen LogP contribution is 2.30. The van der Waals surface area contributed by atoms with Crippen molar-refractivity contribution in [3.8, 4) is 11.1 Å². The van der Waals surface area contributed by atoms with Crippen LogP contribution in [0.2, 0.25) is 0 Å². The summed E-state index contributed by atoms with van der Waals surface area (Å²) in [5.41, 5.74) is 2.36. The Morgan fingerprint density at radius 3 is 2.46 bits per heavy atom. The molecule has 4 rings (SSSR count). The average Bonchev–Trinajstić information content (AvgIpc) is 3.23. The fraction of sp³-hybridized carbons (Fsp3) is 0.158. The van der Waals surface area contributed by atoms with Crippen LogP contribution in [0.3, 0.4) is 0 Å². The Morgan fingerprint density at radius 1 is 1.04 bits per heavy atom. The highest BCUT2D eigenvalue weighted by atomic mass is 32.1. The normalized spacial score (nSPS) is 14.3. The van der Waals surface area contributed by atoms with E-state index in [0.29, 0.717) is 29.5 Å². The average molecular weight is 371 g/mol. The van der Waals surface area contributed by atoms with Crippen LogP contribution in [0.15, 0.2) is 47.8 Å². The number of hydrogen-bond acceptors (Lipinski definition) is 3. The maximum absolute atomic E-state index is 13.9. The first-order valence-corrected chi connectivity index (χ1v) is 8.97. The molecular formula is C19H15F2N3OS. The van der Waals surface area contributed by atoms with Crippen molar-refractivity contribution in [2.75, 3.05) is 22.9 Å². The van der Waals surface area contributed by atoms with Gasteiger partial charge in [0.1, 0.15) is 11.6 Å². The van der Waals surface area contributed by atoms with Crippen molar-refractivity contribution >= 4 is 28.2 Å². The SMILES string of the molecule is Cc1csc(N2CCN(c3ccc(-c4cc(F)ccc4F)cc3)C2=O)n1. The molecule has 2 heterocycles. The zero-order chi connectivity index (χ0) is 18.3. The van der Waals surface area contributed by atoms with Crippen molar-refractivity contribution in [1.29, 1.82) is 0 Å². The lowest BCUT2D eigenvalue weighted by Crippen LogP contribution is -2.31. The summed E-state index contributed by atoms with van der Waals surface area (Å²) in [5, 5.41) is 2.60. The quantitative estimate of drug-likeness (QED) is 0.660. The summed E-state index contributed by atoms with van der Waals surface area (Å²) in [4.78, 5) is 20.3. The third-order valence-electron chi connectivity index (χ3n) is 4.27. The van der Waals surface area contributed by atoms with Gasteiger partial charge in [0.25, 0.3) is 0 Å². The standard InChI is InChI=1S/C19H15F2N3OS/c1-12-11-26-18(22-12)24-9-8-23(19(24)25)15-5-2-13(3-6-15)16-10-14(20)4-7-17(16)21/h2-7,10-11H,8-9H2,1H3. The molecule has 1 saturated heterocycles. The van der Waals surface area contributed by atoms with E-state index in [4.69, 9.17) is 0 Å². The number of carbonyl (C=O) groups excluding carboxylic acids is 1. The monoisotopic (exact) mass is 371 g/mol. The minimum Gasteiger partial charge on any atom is -0.292 e. The number of amides is 2. The molecule has 26 heavy (non-hydrogen) atoms. The molecule has 0 radical (unpaired) electrons. The van der Waals surface area contributed by atoms with E-state index in [0.717, 1.165) is 23.9 Å². The molecular weight excluding hydrogens is 356 g/mol. The molecule has 7 heteroatoms. The van der Waals surface area contributed by atoms with Crippen LogP contribution in [0.1, 0.15) is 5.69 Å². The second-order valence-electron chi connectivity index (χ2n) is 6.03. The van der Waals surface area contributed by atoms with Crippen LogP contribution in [-0.2, 0) is 0 Å². The van der Waals surface area contributed by atoms with Crippen LogP contribution in [-0.4, -0.2) is 24.1 Å². The van der Waals surface area contributed by atoms with Gasteiger partial charge in [-0.2, -0.15) is 0 Å². The molecule has 3 aromatic rings. The lowest BCUT2D eigenvalue weighted by atomic mass is 10.0. The van der Waals surface area contributed by atoms with Gasteiger partial charge >= 0.3 is 6.03 Å². The van der Waals surface area contributed by atoms with Gasteiger partial charge in [-0.15, -0.1) is 11.3 Å². The molecule has 4 nitrogen and oxygen atoms in total. The lowest BCUT2D eigenvalue weighted by Gasteiger charge is -2.17. The minimum atomic E-state index is -0.491. The molecule has 0 spiro atoms. The Morgan fingerprint density at radius 2 is 1.77 bits per heavy atom. The second kappa shape index (κ2) is 6.49. The van der Waals surface area contributed by atoms with Gasteiger partial charge in [-0.05, 0) is 42.8 Å². The number of aromatic nitrogens is 1. The molecule has 1 aromatic heterocycles. The number of halogens is 2. The van der Waals surface area contributed by atoms with Crippen LogP contribution in [0, 0.1) is 18.6 Å². The maximum atomic E-state index is 13.9. The van der Waals surface area contributed by atoms with Crippen molar-refractivity contribution in [3.05, 3.63) is 65.2 Å². The minimum absolute atomic E-state index is 0.135. The second-order valence-corrected chi connectivity index (χ2v) is 6.86. The molecule has 0 atom stereocenters. The van der Waals surface area contributed by atoms with Crippen molar-refractivity contribution in [1.82, 2.24) is 4.98 Å². The first kappa shape index (κ1) is 16.7. The van der Waals surface area contributed by atoms with E-state index in [-0.39, 0.29) is 11.6 Å². The van der Waals surface area contributed by atoms with Crippen LogP contribution >= 0.6 is 11.3 Å². The zero-order valence-corrected chi connectivity index (χ0v) is 14.8. The number of hydrogen-bond donors (Lipinski definition) is 0. The Labute approximate surface area is 153 Å². The molecule has 0 unspecified atom stereocenters. The number of benzene rings is 2. The highest BCUT2D eigenvalue weighted by Gasteiger charge is 2.32. The number of carbonyl (C=O) groups is 1. The van der Waals surface area contributed by atoms with Gasteiger partial charge in [-0.25, -0.2) is 18.6 Å². The molecule has 2 aromatic carbocycles. The zero-order valence-electron chi connectivity index (χ0n) is 13.9. The predicted molar refractivity (Wildman–Crippen MR) is 98.7 cm³/mol. The topological polar surface area (TPSA) is 36.4 Å². The first-order valence-electron chi connectivity index (χ1n) is 8.09. The molecule has 132 valence electrons. The van der Waals surface area contributed by atoms with Crippen LogP contribution < -0.4 is 9.80 Å². The lowest BCUT2D eigenvalue weighted by molar-refractivity contribution is 0.256. The van der Waals surface area contributed by atoms with Gasteiger partial charge in [0.05, 0.1) is 5.69 Å². The molecule has 0 saturated carbocycles. The van der Waals surface area contributed by atoms with Gasteiger partial charge in [0, 0.05) is 29.7 Å². The Bertz CT molecular complexity index is 971. The number of urea groups is 1. The predicted octanol–water partition coefficient (Wildman–Crippen LogP) is 4.84. The summed E-state index contributed by atoms with van der Waals surface area (Å²) in [6.45, 7) is 3.00. The van der Waals surface area contributed by atoms with Gasteiger partial charge < -0.3 is 0 Å². The fourth-order valence-corrected chi connectivity index (χ4v) is 3.78. The number of aryl methyl sites for hydroxylation is 1. The smallest absolute Gasteiger partial charge is 0.292 e. The molecule has 0 aliphatic carbocycles. The molecule has 0 bridgehead atoms. The van der Waals surface area contributed by atoms with Crippen molar-refractivity contribution in [3.63, 3.8) is 0 Å². The summed E-state index contributed by atoms with van der Waals surface area (Å²) in [6, 6.07) is 10.1. The highest BCUT2D eigenvalue weighted by molar-refractivity contribution is 7.14. The van der Waals surface area contributed by atoms with E-state index in [1.54, 1.807) is 34.1 Å². The van der Waals surface area contributed by atoms with Crippen molar-refractivity contribution in [2.45, 2.75) is 6.92 Å². The fourth-order valence-electron chi connectivity index (χ4n) is 2.96.